The summed E-state index contributed by atoms with van der Waals surface area (Å²) < 4.78 is 56.5. The molecule has 3 N–H and O–H groups in total. The van der Waals surface area contributed by atoms with Gasteiger partial charge < -0.3 is 4.42 Å². The zero-order valence-electron chi connectivity index (χ0n) is 9.54. The number of nitrogens with one attached hydrogen (secondary N) is 1. The molecule has 2 rings (SSSR count). The van der Waals surface area contributed by atoms with E-state index < -0.39 is 23.6 Å². The van der Waals surface area contributed by atoms with Gasteiger partial charge in [-0.1, -0.05) is 0 Å². The van der Waals surface area contributed by atoms with Gasteiger partial charge in [-0.25, -0.2) is 9.82 Å². The Labute approximate surface area is 106 Å². The highest BCUT2D eigenvalue weighted by molar-refractivity contribution is 5.33. The van der Waals surface area contributed by atoms with Crippen LogP contribution in [0.3, 0.4) is 0 Å². The lowest BCUT2D eigenvalue weighted by atomic mass is 10.0. The number of hydrogen-bond acceptors (Lipinski definition) is 3. The molecule has 0 bridgehead atoms. The lowest BCUT2D eigenvalue weighted by Crippen LogP contribution is -2.29. The van der Waals surface area contributed by atoms with E-state index in [9.17, 15) is 17.6 Å². The number of halogens is 4. The molecule has 0 aliphatic heterocycles. The van der Waals surface area contributed by atoms with Gasteiger partial charge >= 0.3 is 6.18 Å². The zero-order chi connectivity index (χ0) is 14.0. The van der Waals surface area contributed by atoms with Crippen LogP contribution >= 0.6 is 0 Å². The van der Waals surface area contributed by atoms with Crippen LogP contribution in [0.5, 0.6) is 0 Å². The number of nitrogens with two attached hydrogens (primary N) is 1. The highest BCUT2D eigenvalue weighted by Gasteiger charge is 2.32. The molecular weight excluding hydrogens is 264 g/mol. The fourth-order valence-corrected chi connectivity index (χ4v) is 1.72. The van der Waals surface area contributed by atoms with Crippen molar-refractivity contribution in [1.29, 1.82) is 0 Å². The van der Waals surface area contributed by atoms with Crippen LogP contribution in [0, 0.1) is 5.82 Å². The zero-order valence-corrected chi connectivity index (χ0v) is 9.54. The number of rotatable bonds is 3. The Morgan fingerprint density at radius 1 is 1.21 bits per heavy atom. The Morgan fingerprint density at radius 2 is 1.95 bits per heavy atom. The molecule has 0 spiro atoms. The van der Waals surface area contributed by atoms with E-state index in [0.29, 0.717) is 12.1 Å². The highest BCUT2D eigenvalue weighted by Crippen LogP contribution is 2.33. The lowest BCUT2D eigenvalue weighted by Gasteiger charge is -2.16. The average molecular weight is 274 g/mol. The minimum atomic E-state index is -4.55. The van der Waals surface area contributed by atoms with Gasteiger partial charge in [-0.2, -0.15) is 13.2 Å². The topological polar surface area (TPSA) is 51.2 Å². The van der Waals surface area contributed by atoms with Crippen LogP contribution in [0.2, 0.25) is 0 Å². The quantitative estimate of drug-likeness (QED) is 0.514. The van der Waals surface area contributed by atoms with Gasteiger partial charge in [0.25, 0.3) is 0 Å². The van der Waals surface area contributed by atoms with Crippen LogP contribution in [-0.4, -0.2) is 0 Å². The van der Waals surface area contributed by atoms with Crippen molar-refractivity contribution in [2.24, 2.45) is 5.84 Å². The third-order valence-electron chi connectivity index (χ3n) is 2.63. The maximum Gasteiger partial charge on any atom is 0.416 e. The lowest BCUT2D eigenvalue weighted by molar-refractivity contribution is -0.137. The van der Waals surface area contributed by atoms with E-state index in [1.54, 1.807) is 0 Å². The largest absolute Gasteiger partial charge is 0.467 e. The van der Waals surface area contributed by atoms with Gasteiger partial charge in [-0.15, -0.1) is 0 Å². The third-order valence-corrected chi connectivity index (χ3v) is 2.63. The van der Waals surface area contributed by atoms with Gasteiger partial charge in [0, 0.05) is 5.56 Å². The predicted octanol–water partition coefficient (Wildman–Crippen LogP) is 2.99. The normalized spacial score (nSPS) is 13.5. The van der Waals surface area contributed by atoms with Crippen molar-refractivity contribution in [2.75, 3.05) is 0 Å². The molecule has 0 saturated carbocycles. The first-order valence-electron chi connectivity index (χ1n) is 5.29. The van der Waals surface area contributed by atoms with Crippen molar-refractivity contribution >= 4 is 0 Å². The first-order valence-corrected chi connectivity index (χ1v) is 5.29. The highest BCUT2D eigenvalue weighted by atomic mass is 19.4. The van der Waals surface area contributed by atoms with Crippen LogP contribution in [0.4, 0.5) is 17.6 Å². The maximum absolute atomic E-state index is 13.7. The predicted molar refractivity (Wildman–Crippen MR) is 59.3 cm³/mol. The molecule has 0 saturated heterocycles. The first-order chi connectivity index (χ1) is 8.93. The SMILES string of the molecule is NNC(c1ccco1)c1cc(C(F)(F)F)ccc1F. The van der Waals surface area contributed by atoms with Crippen molar-refractivity contribution in [3.63, 3.8) is 0 Å². The Hall–Kier alpha value is -1.86. The van der Waals surface area contributed by atoms with E-state index >= 15 is 0 Å². The summed E-state index contributed by atoms with van der Waals surface area (Å²) in [5, 5.41) is 0. The molecule has 1 unspecified atom stereocenters. The Kier molecular flexibility index (Phi) is 3.59. The summed E-state index contributed by atoms with van der Waals surface area (Å²) in [7, 11) is 0. The fourth-order valence-electron chi connectivity index (χ4n) is 1.72. The van der Waals surface area contributed by atoms with Crippen molar-refractivity contribution in [2.45, 2.75) is 12.2 Å². The van der Waals surface area contributed by atoms with Crippen molar-refractivity contribution in [3.05, 3.63) is 59.3 Å². The summed E-state index contributed by atoms with van der Waals surface area (Å²) in [6.07, 6.45) is -3.23. The van der Waals surface area contributed by atoms with Crippen LogP contribution in [0.15, 0.2) is 41.0 Å². The molecule has 102 valence electrons. The van der Waals surface area contributed by atoms with Gasteiger partial charge in [0.05, 0.1) is 11.8 Å². The van der Waals surface area contributed by atoms with Gasteiger partial charge in [0.1, 0.15) is 17.6 Å². The summed E-state index contributed by atoms with van der Waals surface area (Å²) in [6, 6.07) is 4.18. The molecule has 0 radical (unpaired) electrons. The fraction of sp³-hybridized carbons (Fsp3) is 0.167. The molecule has 1 heterocycles. The van der Waals surface area contributed by atoms with Crippen LogP contribution in [-0.2, 0) is 6.18 Å². The number of alkyl halides is 3. The second kappa shape index (κ2) is 5.02. The summed E-state index contributed by atoms with van der Waals surface area (Å²) in [4.78, 5) is 0. The van der Waals surface area contributed by atoms with Crippen LogP contribution < -0.4 is 11.3 Å². The van der Waals surface area contributed by atoms with E-state index in [-0.39, 0.29) is 11.3 Å². The molecule has 1 aromatic carbocycles. The standard InChI is InChI=1S/C12H10F4N2O/c13-9-4-3-7(12(14,15)16)6-8(9)11(18-17)10-2-1-5-19-10/h1-6,11,18H,17H2. The minimum absolute atomic E-state index is 0.223. The van der Waals surface area contributed by atoms with Gasteiger partial charge in [0.15, 0.2) is 0 Å². The average Bonchev–Trinajstić information content (AvgIpc) is 2.84. The molecular formula is C12H10F4N2O. The molecule has 1 aromatic heterocycles. The maximum atomic E-state index is 13.7. The molecule has 0 aliphatic carbocycles. The van der Waals surface area contributed by atoms with E-state index in [0.717, 1.165) is 6.07 Å². The third kappa shape index (κ3) is 2.77. The number of hydrazine groups is 1. The molecule has 0 fully saturated rings. The number of benzene rings is 1. The van der Waals surface area contributed by atoms with Gasteiger partial charge in [-0.3, -0.25) is 5.84 Å². The minimum Gasteiger partial charge on any atom is -0.467 e. The summed E-state index contributed by atoms with van der Waals surface area (Å²) in [5.41, 5.74) is 1.06. The second-order valence-electron chi connectivity index (χ2n) is 3.85. The second-order valence-corrected chi connectivity index (χ2v) is 3.85. The first kappa shape index (κ1) is 13.6. The van der Waals surface area contributed by atoms with E-state index in [4.69, 9.17) is 10.3 Å². The van der Waals surface area contributed by atoms with Crippen LogP contribution in [0.1, 0.15) is 22.9 Å². The smallest absolute Gasteiger partial charge is 0.416 e. The van der Waals surface area contributed by atoms with Gasteiger partial charge in [0.2, 0.25) is 0 Å². The van der Waals surface area contributed by atoms with Crippen molar-refractivity contribution in [3.8, 4) is 0 Å². The van der Waals surface area contributed by atoms with Crippen molar-refractivity contribution in [1.82, 2.24) is 5.43 Å². The monoisotopic (exact) mass is 274 g/mol. The molecule has 0 amide bonds. The van der Waals surface area contributed by atoms with E-state index in [1.807, 2.05) is 0 Å². The Balaban J connectivity index is 2.48. The summed E-state index contributed by atoms with van der Waals surface area (Å²) in [6.45, 7) is 0. The van der Waals surface area contributed by atoms with E-state index in [2.05, 4.69) is 5.43 Å². The molecule has 19 heavy (non-hydrogen) atoms. The number of hydrogen-bond donors (Lipinski definition) is 2. The molecule has 3 nitrogen and oxygen atoms in total. The summed E-state index contributed by atoms with van der Waals surface area (Å²) >= 11 is 0. The van der Waals surface area contributed by atoms with Crippen molar-refractivity contribution < 1.29 is 22.0 Å². The Bertz CT molecular complexity index is 551. The molecule has 7 heteroatoms. The molecule has 1 atom stereocenters. The van der Waals surface area contributed by atoms with E-state index in [1.165, 1.54) is 18.4 Å². The molecule has 2 aromatic rings. The van der Waals surface area contributed by atoms with Gasteiger partial charge in [-0.05, 0) is 30.3 Å². The summed E-state index contributed by atoms with van der Waals surface area (Å²) in [5.74, 6) is 4.69. The van der Waals surface area contributed by atoms with Crippen LogP contribution in [0.25, 0.3) is 0 Å². The molecule has 0 aliphatic rings. The number of furan rings is 1. The Morgan fingerprint density at radius 3 is 2.47 bits per heavy atom.